The van der Waals surface area contributed by atoms with Crippen LogP contribution in [-0.4, -0.2) is 33.8 Å². The molecule has 2 unspecified atom stereocenters. The molecule has 1 aliphatic rings. The van der Waals surface area contributed by atoms with E-state index in [4.69, 9.17) is 5.11 Å². The number of hydrogen-bond acceptors (Lipinski definition) is 4. The molecule has 1 heterocycles. The van der Waals surface area contributed by atoms with Gasteiger partial charge in [0.2, 0.25) is 0 Å². The van der Waals surface area contributed by atoms with Crippen molar-refractivity contribution in [2.45, 2.75) is 31.7 Å². The van der Waals surface area contributed by atoms with Gasteiger partial charge in [-0.05, 0) is 18.9 Å². The number of pyridine rings is 1. The summed E-state index contributed by atoms with van der Waals surface area (Å²) >= 11 is 0. The van der Waals surface area contributed by atoms with E-state index in [1.165, 1.54) is 0 Å². The topological polar surface area (TPSA) is 82.5 Å². The van der Waals surface area contributed by atoms with Crippen molar-refractivity contribution in [3.05, 3.63) is 23.6 Å². The molecule has 1 saturated carbocycles. The van der Waals surface area contributed by atoms with E-state index in [0.717, 1.165) is 37.9 Å². The summed E-state index contributed by atoms with van der Waals surface area (Å²) in [5.74, 6) is -1.64. The van der Waals surface area contributed by atoms with Gasteiger partial charge in [-0.2, -0.15) is 0 Å². The zero-order valence-electron chi connectivity index (χ0n) is 10.5. The number of carboxylic acids is 1. The van der Waals surface area contributed by atoms with E-state index in [1.807, 2.05) is 0 Å². The van der Waals surface area contributed by atoms with Gasteiger partial charge in [0.25, 0.3) is 0 Å². The molecule has 1 aromatic heterocycles. The van der Waals surface area contributed by atoms with E-state index in [-0.39, 0.29) is 29.9 Å². The molecule has 5 nitrogen and oxygen atoms in total. The highest BCUT2D eigenvalue weighted by molar-refractivity contribution is 5.93. The maximum Gasteiger partial charge on any atom is 0.339 e. The van der Waals surface area contributed by atoms with Crippen molar-refractivity contribution < 1.29 is 19.4 Å². The van der Waals surface area contributed by atoms with Gasteiger partial charge in [-0.15, -0.1) is 0 Å². The molecule has 0 amide bonds. The molecule has 0 saturated heterocycles. The Morgan fingerprint density at radius 3 is 2.89 bits per heavy atom. The maximum atomic E-state index is 13.0. The molecule has 0 aromatic carbocycles. The lowest BCUT2D eigenvalue weighted by atomic mass is 9.85. The molecule has 104 valence electrons. The number of nitrogens with zero attached hydrogens (tertiary/aromatic N) is 1. The van der Waals surface area contributed by atoms with E-state index in [0.29, 0.717) is 0 Å². The quantitative estimate of drug-likeness (QED) is 0.776. The second kappa shape index (κ2) is 5.97. The number of halogens is 1. The Bertz CT molecular complexity index is 467. The number of aliphatic hydroxyl groups is 1. The van der Waals surface area contributed by atoms with E-state index in [1.54, 1.807) is 0 Å². The summed E-state index contributed by atoms with van der Waals surface area (Å²) in [6, 6.07) is 0.934. The van der Waals surface area contributed by atoms with Gasteiger partial charge >= 0.3 is 5.97 Å². The molecule has 6 heteroatoms. The number of nitrogens with one attached hydrogen (secondary N) is 1. The maximum absolute atomic E-state index is 13.0. The predicted octanol–water partition coefficient (Wildman–Crippen LogP) is 1.88. The molecule has 0 aliphatic heterocycles. The van der Waals surface area contributed by atoms with Crippen LogP contribution >= 0.6 is 0 Å². The SMILES string of the molecule is O=C(O)c1cc(F)cnc1NC1CCCCC1CO. The third-order valence-corrected chi connectivity index (χ3v) is 3.55. The van der Waals surface area contributed by atoms with Gasteiger partial charge < -0.3 is 15.5 Å². The highest BCUT2D eigenvalue weighted by Crippen LogP contribution is 2.27. The monoisotopic (exact) mass is 268 g/mol. The molecule has 0 radical (unpaired) electrons. The summed E-state index contributed by atoms with van der Waals surface area (Å²) < 4.78 is 13.0. The summed E-state index contributed by atoms with van der Waals surface area (Å²) in [6.07, 6.45) is 4.83. The van der Waals surface area contributed by atoms with Crippen molar-refractivity contribution >= 4 is 11.8 Å². The first-order valence-corrected chi connectivity index (χ1v) is 6.38. The lowest BCUT2D eigenvalue weighted by Crippen LogP contribution is -2.35. The van der Waals surface area contributed by atoms with Crippen LogP contribution in [-0.2, 0) is 0 Å². The van der Waals surface area contributed by atoms with Gasteiger partial charge in [0.1, 0.15) is 17.2 Å². The number of carboxylic acid groups (broad SMARTS) is 1. The third-order valence-electron chi connectivity index (χ3n) is 3.55. The Morgan fingerprint density at radius 1 is 1.47 bits per heavy atom. The fraction of sp³-hybridized carbons (Fsp3) is 0.538. The summed E-state index contributed by atoms with van der Waals surface area (Å²) in [7, 11) is 0. The summed E-state index contributed by atoms with van der Waals surface area (Å²) in [5, 5.41) is 21.4. The van der Waals surface area contributed by atoms with Crippen LogP contribution in [0.15, 0.2) is 12.3 Å². The predicted molar refractivity (Wildman–Crippen MR) is 67.6 cm³/mol. The molecule has 19 heavy (non-hydrogen) atoms. The Hall–Kier alpha value is -1.69. The zero-order chi connectivity index (χ0) is 13.8. The molecule has 1 fully saturated rings. The molecular formula is C13H17FN2O3. The average molecular weight is 268 g/mol. The first-order chi connectivity index (χ1) is 9.11. The van der Waals surface area contributed by atoms with Crippen LogP contribution in [0.2, 0.25) is 0 Å². The molecule has 1 aliphatic carbocycles. The molecule has 3 N–H and O–H groups in total. The minimum Gasteiger partial charge on any atom is -0.478 e. The van der Waals surface area contributed by atoms with Gasteiger partial charge in [-0.1, -0.05) is 12.8 Å². The van der Waals surface area contributed by atoms with Gasteiger partial charge in [-0.3, -0.25) is 0 Å². The standard InChI is InChI=1S/C13H17FN2O3/c14-9-5-10(13(18)19)12(15-6-9)16-11-4-2-1-3-8(11)7-17/h5-6,8,11,17H,1-4,7H2,(H,15,16)(H,18,19). The van der Waals surface area contributed by atoms with Crippen LogP contribution in [0.5, 0.6) is 0 Å². The number of aliphatic hydroxyl groups excluding tert-OH is 1. The van der Waals surface area contributed by atoms with Crippen molar-refractivity contribution in [2.24, 2.45) is 5.92 Å². The normalized spacial score (nSPS) is 23.1. The van der Waals surface area contributed by atoms with Crippen LogP contribution < -0.4 is 5.32 Å². The number of aromatic carboxylic acids is 1. The summed E-state index contributed by atoms with van der Waals surface area (Å²) in [6.45, 7) is 0.0568. The highest BCUT2D eigenvalue weighted by atomic mass is 19.1. The number of hydrogen-bond donors (Lipinski definition) is 3. The molecule has 1 aromatic rings. The Kier molecular flexibility index (Phi) is 4.31. The van der Waals surface area contributed by atoms with Crippen molar-refractivity contribution in [1.82, 2.24) is 4.98 Å². The van der Waals surface area contributed by atoms with Gasteiger partial charge in [0.05, 0.1) is 6.20 Å². The summed E-state index contributed by atoms with van der Waals surface area (Å²) in [5.41, 5.74) is -0.178. The fourth-order valence-electron chi connectivity index (χ4n) is 2.51. The van der Waals surface area contributed by atoms with Crippen LogP contribution in [0, 0.1) is 11.7 Å². The van der Waals surface area contributed by atoms with Crippen LogP contribution in [0.3, 0.4) is 0 Å². The number of aromatic nitrogens is 1. The number of rotatable bonds is 4. The van der Waals surface area contributed by atoms with E-state index < -0.39 is 11.8 Å². The second-order valence-electron chi connectivity index (χ2n) is 4.83. The number of carbonyl (C=O) groups is 1. The average Bonchev–Trinajstić information content (AvgIpc) is 2.41. The number of anilines is 1. The highest BCUT2D eigenvalue weighted by Gasteiger charge is 2.26. The molecule has 0 bridgehead atoms. The third kappa shape index (κ3) is 3.20. The molecule has 2 rings (SSSR count). The fourth-order valence-corrected chi connectivity index (χ4v) is 2.51. The van der Waals surface area contributed by atoms with E-state index in [9.17, 15) is 14.3 Å². The van der Waals surface area contributed by atoms with Crippen molar-refractivity contribution in [3.63, 3.8) is 0 Å². The molecule has 2 atom stereocenters. The minimum absolute atomic E-state index is 0.0187. The van der Waals surface area contributed by atoms with Gasteiger partial charge in [0, 0.05) is 18.6 Å². The largest absolute Gasteiger partial charge is 0.478 e. The van der Waals surface area contributed by atoms with E-state index in [2.05, 4.69) is 10.3 Å². The Morgan fingerprint density at radius 2 is 2.21 bits per heavy atom. The molecular weight excluding hydrogens is 251 g/mol. The smallest absolute Gasteiger partial charge is 0.339 e. The first-order valence-electron chi connectivity index (χ1n) is 6.38. The second-order valence-corrected chi connectivity index (χ2v) is 4.83. The zero-order valence-corrected chi connectivity index (χ0v) is 10.5. The van der Waals surface area contributed by atoms with Crippen LogP contribution in [0.4, 0.5) is 10.2 Å². The first kappa shape index (κ1) is 13.7. The van der Waals surface area contributed by atoms with Crippen molar-refractivity contribution in [3.8, 4) is 0 Å². The summed E-state index contributed by atoms with van der Waals surface area (Å²) in [4.78, 5) is 14.9. The van der Waals surface area contributed by atoms with E-state index >= 15 is 0 Å². The Labute approximate surface area is 110 Å². The Balaban J connectivity index is 2.20. The van der Waals surface area contributed by atoms with Gasteiger partial charge in [-0.25, -0.2) is 14.2 Å². The lowest BCUT2D eigenvalue weighted by molar-refractivity contribution is 0.0697. The van der Waals surface area contributed by atoms with Gasteiger partial charge in [0.15, 0.2) is 0 Å². The lowest BCUT2D eigenvalue weighted by Gasteiger charge is -2.31. The molecule has 0 spiro atoms. The van der Waals surface area contributed by atoms with Crippen LogP contribution in [0.1, 0.15) is 36.0 Å². The van der Waals surface area contributed by atoms with Crippen LogP contribution in [0.25, 0.3) is 0 Å². The van der Waals surface area contributed by atoms with Crippen molar-refractivity contribution in [2.75, 3.05) is 11.9 Å². The van der Waals surface area contributed by atoms with Crippen molar-refractivity contribution in [1.29, 1.82) is 0 Å². The minimum atomic E-state index is -1.22.